The molecule has 2 aromatic rings. The second-order valence-corrected chi connectivity index (χ2v) is 5.53. The molecule has 2 aromatic heterocycles. The van der Waals surface area contributed by atoms with Gasteiger partial charge in [0.15, 0.2) is 0 Å². The lowest BCUT2D eigenvalue weighted by Gasteiger charge is -2.00. The zero-order valence-corrected chi connectivity index (χ0v) is 10.1. The molecule has 1 amide bonds. The number of nitrogens with one attached hydrogen (secondary N) is 1. The van der Waals surface area contributed by atoms with Crippen molar-refractivity contribution >= 4 is 49.6 Å². The quantitative estimate of drug-likeness (QED) is 0.897. The molecule has 0 saturated carbocycles. The van der Waals surface area contributed by atoms with Crippen LogP contribution in [0.15, 0.2) is 29.1 Å². The van der Waals surface area contributed by atoms with Gasteiger partial charge in [-0.25, -0.2) is 0 Å². The lowest BCUT2D eigenvalue weighted by atomic mass is 10.4. The minimum absolute atomic E-state index is 0.0924. The zero-order valence-electron chi connectivity index (χ0n) is 7.75. The van der Waals surface area contributed by atoms with Crippen LogP contribution in [-0.4, -0.2) is 12.5 Å². The van der Waals surface area contributed by atoms with E-state index in [1.54, 1.807) is 11.3 Å². The molecule has 1 N–H and O–H groups in total. The van der Waals surface area contributed by atoms with Gasteiger partial charge in [0.25, 0.3) is 5.91 Å². The minimum Gasteiger partial charge on any atom is -0.346 e. The topological polar surface area (TPSA) is 29.1 Å². The van der Waals surface area contributed by atoms with Crippen molar-refractivity contribution in [3.8, 4) is 0 Å². The van der Waals surface area contributed by atoms with Crippen LogP contribution in [0.3, 0.4) is 0 Å². The van der Waals surface area contributed by atoms with Gasteiger partial charge in [0.05, 0.1) is 11.4 Å². The van der Waals surface area contributed by atoms with Crippen molar-refractivity contribution in [2.45, 2.75) is 0 Å². The first kappa shape index (κ1) is 10.7. The van der Waals surface area contributed by atoms with E-state index in [1.807, 2.05) is 17.5 Å². The largest absolute Gasteiger partial charge is 0.346 e. The van der Waals surface area contributed by atoms with Crippen LogP contribution in [0.4, 0.5) is 0 Å². The Morgan fingerprint density at radius 3 is 3.00 bits per heavy atom. The highest BCUT2D eigenvalue weighted by molar-refractivity contribution is 7.27. The molecule has 0 aliphatic rings. The van der Waals surface area contributed by atoms with E-state index in [2.05, 4.69) is 11.9 Å². The summed E-state index contributed by atoms with van der Waals surface area (Å²) in [6.07, 6.45) is 0. The summed E-state index contributed by atoms with van der Waals surface area (Å²) in [5, 5.41) is 5.14. The number of hydrogen-bond donors (Lipinski definition) is 1. The third-order valence-electron chi connectivity index (χ3n) is 1.80. The zero-order chi connectivity index (χ0) is 10.8. The second-order valence-electron chi connectivity index (χ2n) is 2.96. The van der Waals surface area contributed by atoms with Gasteiger partial charge in [-0.3, -0.25) is 4.79 Å². The van der Waals surface area contributed by atoms with E-state index in [1.165, 1.54) is 11.3 Å². The van der Waals surface area contributed by atoms with Gasteiger partial charge in [-0.1, -0.05) is 18.2 Å². The molecular weight excluding hydrogens is 250 g/mol. The van der Waals surface area contributed by atoms with Crippen LogP contribution < -0.4 is 5.32 Å². The van der Waals surface area contributed by atoms with E-state index in [-0.39, 0.29) is 5.91 Å². The molecule has 2 rings (SSSR count). The highest BCUT2D eigenvalue weighted by Crippen LogP contribution is 2.29. The van der Waals surface area contributed by atoms with Gasteiger partial charge in [-0.05, 0) is 17.5 Å². The van der Waals surface area contributed by atoms with E-state index >= 15 is 0 Å². The summed E-state index contributed by atoms with van der Waals surface area (Å²) in [4.78, 5) is 12.3. The molecule has 5 heteroatoms. The SMILES string of the molecule is C=C(Cl)CNC(=O)c1cc2sccc2s1. The summed E-state index contributed by atoms with van der Waals surface area (Å²) in [6.45, 7) is 3.82. The van der Waals surface area contributed by atoms with E-state index in [4.69, 9.17) is 11.6 Å². The number of carbonyl (C=O) groups excluding carboxylic acids is 1. The second kappa shape index (κ2) is 4.35. The Bertz CT molecular complexity index is 486. The van der Waals surface area contributed by atoms with Crippen LogP contribution >= 0.6 is 34.3 Å². The van der Waals surface area contributed by atoms with Crippen molar-refractivity contribution in [3.05, 3.63) is 34.0 Å². The van der Waals surface area contributed by atoms with Crippen LogP contribution in [0.1, 0.15) is 9.67 Å². The molecular formula is C10H8ClNOS2. The van der Waals surface area contributed by atoms with Crippen LogP contribution in [0.5, 0.6) is 0 Å². The first-order valence-electron chi connectivity index (χ1n) is 4.25. The maximum absolute atomic E-state index is 11.6. The fraction of sp³-hybridized carbons (Fsp3) is 0.100. The summed E-state index contributed by atoms with van der Waals surface area (Å²) >= 11 is 8.69. The Hall–Kier alpha value is -0.840. The third-order valence-corrected chi connectivity index (χ3v) is 4.03. The number of fused-ring (bicyclic) bond motifs is 1. The van der Waals surface area contributed by atoms with Crippen molar-refractivity contribution in [2.75, 3.05) is 6.54 Å². The van der Waals surface area contributed by atoms with Gasteiger partial charge in [-0.15, -0.1) is 22.7 Å². The molecule has 0 aliphatic carbocycles. The van der Waals surface area contributed by atoms with Gasteiger partial charge < -0.3 is 5.32 Å². The van der Waals surface area contributed by atoms with Gasteiger partial charge in [-0.2, -0.15) is 0 Å². The Morgan fingerprint density at radius 1 is 1.53 bits per heavy atom. The van der Waals surface area contributed by atoms with Crippen LogP contribution in [0.2, 0.25) is 0 Å². The predicted octanol–water partition coefficient (Wildman–Crippen LogP) is 3.45. The van der Waals surface area contributed by atoms with Crippen molar-refractivity contribution in [1.29, 1.82) is 0 Å². The summed E-state index contributed by atoms with van der Waals surface area (Å²) in [7, 11) is 0. The molecule has 0 atom stereocenters. The number of halogens is 1. The van der Waals surface area contributed by atoms with Crippen molar-refractivity contribution in [2.24, 2.45) is 0 Å². The molecule has 0 fully saturated rings. The minimum atomic E-state index is -0.0924. The Morgan fingerprint density at radius 2 is 2.33 bits per heavy atom. The standard InChI is InChI=1S/C10H8ClNOS2/c1-6(11)5-12-10(13)9-4-8-7(15-9)2-3-14-8/h2-4H,1,5H2,(H,12,13). The maximum Gasteiger partial charge on any atom is 0.261 e. The normalized spacial score (nSPS) is 10.5. The summed E-state index contributed by atoms with van der Waals surface area (Å²) < 4.78 is 2.30. The molecule has 0 unspecified atom stereocenters. The molecule has 0 saturated heterocycles. The Kier molecular flexibility index (Phi) is 3.09. The smallest absolute Gasteiger partial charge is 0.261 e. The van der Waals surface area contributed by atoms with Gasteiger partial charge in [0, 0.05) is 14.4 Å². The van der Waals surface area contributed by atoms with E-state index in [0.29, 0.717) is 11.6 Å². The highest BCUT2D eigenvalue weighted by Gasteiger charge is 2.10. The number of carbonyl (C=O) groups is 1. The molecule has 0 spiro atoms. The molecule has 0 radical (unpaired) electrons. The van der Waals surface area contributed by atoms with Crippen molar-refractivity contribution in [3.63, 3.8) is 0 Å². The molecule has 15 heavy (non-hydrogen) atoms. The summed E-state index contributed by atoms with van der Waals surface area (Å²) in [5.74, 6) is -0.0924. The van der Waals surface area contributed by atoms with Crippen LogP contribution in [0.25, 0.3) is 9.40 Å². The lowest BCUT2D eigenvalue weighted by Crippen LogP contribution is -2.23. The van der Waals surface area contributed by atoms with E-state index in [9.17, 15) is 4.79 Å². The maximum atomic E-state index is 11.6. The van der Waals surface area contributed by atoms with Gasteiger partial charge >= 0.3 is 0 Å². The first-order chi connectivity index (χ1) is 7.16. The fourth-order valence-electron chi connectivity index (χ4n) is 1.14. The Balaban J connectivity index is 2.13. The van der Waals surface area contributed by atoms with Crippen molar-refractivity contribution in [1.82, 2.24) is 5.32 Å². The van der Waals surface area contributed by atoms with Crippen LogP contribution in [0, 0.1) is 0 Å². The van der Waals surface area contributed by atoms with Crippen molar-refractivity contribution < 1.29 is 4.79 Å². The highest BCUT2D eigenvalue weighted by atomic mass is 35.5. The summed E-state index contributed by atoms with van der Waals surface area (Å²) in [6, 6.07) is 3.92. The number of hydrogen-bond acceptors (Lipinski definition) is 3. The summed E-state index contributed by atoms with van der Waals surface area (Å²) in [5.41, 5.74) is 0. The average Bonchev–Trinajstić information content (AvgIpc) is 2.72. The predicted molar refractivity (Wildman–Crippen MR) is 67.0 cm³/mol. The van der Waals surface area contributed by atoms with Crippen LogP contribution in [-0.2, 0) is 0 Å². The third kappa shape index (κ3) is 2.40. The molecule has 0 aliphatic heterocycles. The average molecular weight is 258 g/mol. The molecule has 0 bridgehead atoms. The monoisotopic (exact) mass is 257 g/mol. The molecule has 78 valence electrons. The first-order valence-corrected chi connectivity index (χ1v) is 6.33. The number of amides is 1. The molecule has 0 aromatic carbocycles. The fourth-order valence-corrected chi connectivity index (χ4v) is 3.23. The number of rotatable bonds is 3. The van der Waals surface area contributed by atoms with Gasteiger partial charge in [0.1, 0.15) is 0 Å². The molecule has 2 heterocycles. The van der Waals surface area contributed by atoms with E-state index in [0.717, 1.165) is 14.3 Å². The van der Waals surface area contributed by atoms with E-state index < -0.39 is 0 Å². The van der Waals surface area contributed by atoms with Gasteiger partial charge in [0.2, 0.25) is 0 Å². The Labute approximate surface area is 100 Å². The lowest BCUT2D eigenvalue weighted by molar-refractivity contribution is 0.0962. The molecule has 2 nitrogen and oxygen atoms in total. The number of thiophene rings is 2.